The number of carbonyl (C=O) groups is 1. The molecular weight excluding hydrogens is 290 g/mol. The molecule has 1 saturated heterocycles. The first kappa shape index (κ1) is 13.9. The fourth-order valence-electron chi connectivity index (χ4n) is 1.61. The van der Waals surface area contributed by atoms with Crippen molar-refractivity contribution in [2.75, 3.05) is 29.7 Å². The molecule has 0 aromatic heterocycles. The third-order valence-electron chi connectivity index (χ3n) is 2.53. The molecule has 1 amide bonds. The van der Waals surface area contributed by atoms with E-state index in [9.17, 15) is 4.79 Å². The van der Waals surface area contributed by atoms with Crippen molar-refractivity contribution in [1.82, 2.24) is 0 Å². The highest BCUT2D eigenvalue weighted by atomic mass is 35.5. The smallest absolute Gasteiger partial charge is 0.238 e. The van der Waals surface area contributed by atoms with Crippen molar-refractivity contribution in [2.45, 2.75) is 5.25 Å². The topological polar surface area (TPSA) is 38.3 Å². The van der Waals surface area contributed by atoms with Gasteiger partial charge in [-0.05, 0) is 18.2 Å². The van der Waals surface area contributed by atoms with Crippen LogP contribution in [0.4, 0.5) is 5.69 Å². The number of rotatable bonds is 3. The number of carbonyl (C=O) groups excluding carboxylic acids is 1. The average molecular weight is 304 g/mol. The number of ether oxygens (including phenoxy) is 1. The van der Waals surface area contributed by atoms with Crippen LogP contribution in [0.2, 0.25) is 5.02 Å². The van der Waals surface area contributed by atoms with Gasteiger partial charge in [-0.15, -0.1) is 11.8 Å². The van der Waals surface area contributed by atoms with Crippen LogP contribution in [-0.4, -0.2) is 35.5 Å². The van der Waals surface area contributed by atoms with Gasteiger partial charge in [0.15, 0.2) is 0 Å². The summed E-state index contributed by atoms with van der Waals surface area (Å²) in [5.74, 6) is 3.70. The van der Waals surface area contributed by atoms with Gasteiger partial charge in [0.25, 0.3) is 0 Å². The van der Waals surface area contributed by atoms with Gasteiger partial charge >= 0.3 is 0 Å². The Hall–Kier alpha value is -0.520. The molecular formula is C12H14ClNO2S2. The highest BCUT2D eigenvalue weighted by Gasteiger charge is 2.22. The van der Waals surface area contributed by atoms with Crippen LogP contribution in [0.1, 0.15) is 0 Å². The summed E-state index contributed by atoms with van der Waals surface area (Å²) >= 11 is 9.55. The molecule has 1 aromatic carbocycles. The van der Waals surface area contributed by atoms with E-state index in [2.05, 4.69) is 5.32 Å². The first-order valence-electron chi connectivity index (χ1n) is 5.54. The van der Waals surface area contributed by atoms with Crippen LogP contribution in [0.5, 0.6) is 5.75 Å². The van der Waals surface area contributed by atoms with E-state index in [1.54, 1.807) is 37.1 Å². The molecule has 0 saturated carbocycles. The Bertz CT molecular complexity index is 436. The predicted octanol–water partition coefficient (Wildman–Crippen LogP) is 3.14. The number of anilines is 1. The Balaban J connectivity index is 2.00. The number of hydrogen-bond acceptors (Lipinski definition) is 4. The van der Waals surface area contributed by atoms with E-state index in [1.807, 2.05) is 11.8 Å². The van der Waals surface area contributed by atoms with Crippen molar-refractivity contribution in [3.63, 3.8) is 0 Å². The van der Waals surface area contributed by atoms with Crippen LogP contribution in [-0.2, 0) is 4.79 Å². The van der Waals surface area contributed by atoms with Crippen LogP contribution >= 0.6 is 35.1 Å². The molecule has 1 fully saturated rings. The van der Waals surface area contributed by atoms with E-state index in [1.165, 1.54) is 0 Å². The number of benzene rings is 1. The molecule has 18 heavy (non-hydrogen) atoms. The maximum absolute atomic E-state index is 12.0. The second kappa shape index (κ2) is 6.59. The number of halogens is 1. The summed E-state index contributed by atoms with van der Waals surface area (Å²) in [6.07, 6.45) is 0. The van der Waals surface area contributed by atoms with Gasteiger partial charge in [0.2, 0.25) is 5.91 Å². The zero-order valence-corrected chi connectivity index (χ0v) is 12.3. The van der Waals surface area contributed by atoms with Crippen LogP contribution in [0, 0.1) is 0 Å². The van der Waals surface area contributed by atoms with Crippen molar-refractivity contribution in [1.29, 1.82) is 0 Å². The first-order valence-corrected chi connectivity index (χ1v) is 8.12. The number of hydrogen-bond donors (Lipinski definition) is 1. The lowest BCUT2D eigenvalue weighted by Crippen LogP contribution is -2.30. The lowest BCUT2D eigenvalue weighted by Gasteiger charge is -2.20. The molecule has 1 aromatic rings. The number of nitrogens with one attached hydrogen (secondary N) is 1. The van der Waals surface area contributed by atoms with E-state index < -0.39 is 0 Å². The van der Waals surface area contributed by atoms with Crippen molar-refractivity contribution < 1.29 is 9.53 Å². The maximum atomic E-state index is 12.0. The second-order valence-corrected chi connectivity index (χ2v) is 6.64. The van der Waals surface area contributed by atoms with E-state index in [0.29, 0.717) is 16.5 Å². The molecule has 2 rings (SSSR count). The van der Waals surface area contributed by atoms with E-state index in [4.69, 9.17) is 16.3 Å². The monoisotopic (exact) mass is 303 g/mol. The van der Waals surface area contributed by atoms with Gasteiger partial charge in [-0.2, -0.15) is 11.8 Å². The summed E-state index contributed by atoms with van der Waals surface area (Å²) in [5.41, 5.74) is 0.710. The minimum Gasteiger partial charge on any atom is -0.495 e. The predicted molar refractivity (Wildman–Crippen MR) is 80.2 cm³/mol. The fourth-order valence-corrected chi connectivity index (χ4v) is 4.42. The Morgan fingerprint density at radius 1 is 1.50 bits per heavy atom. The second-order valence-electron chi connectivity index (χ2n) is 3.77. The molecule has 0 radical (unpaired) electrons. The van der Waals surface area contributed by atoms with Crippen LogP contribution in [0.25, 0.3) is 0 Å². The number of thioether (sulfide) groups is 2. The third-order valence-corrected chi connectivity index (χ3v) is 5.58. The van der Waals surface area contributed by atoms with Gasteiger partial charge < -0.3 is 10.1 Å². The standard InChI is InChI=1S/C12H14ClNO2S2/c1-16-10-3-2-8(6-9(10)13)14-12(15)11-7-17-4-5-18-11/h2-3,6,11H,4-5,7H2,1H3,(H,14,15). The molecule has 0 bridgehead atoms. The summed E-state index contributed by atoms with van der Waals surface area (Å²) in [6.45, 7) is 0. The normalized spacial score (nSPS) is 19.3. The summed E-state index contributed by atoms with van der Waals surface area (Å²) in [7, 11) is 1.56. The molecule has 1 aliphatic heterocycles. The quantitative estimate of drug-likeness (QED) is 0.931. The Kier molecular flexibility index (Phi) is 5.09. The van der Waals surface area contributed by atoms with Crippen molar-refractivity contribution >= 4 is 46.7 Å². The maximum Gasteiger partial charge on any atom is 0.238 e. The van der Waals surface area contributed by atoms with Gasteiger partial charge in [0, 0.05) is 22.9 Å². The molecule has 1 unspecified atom stereocenters. The van der Waals surface area contributed by atoms with Crippen molar-refractivity contribution in [3.05, 3.63) is 23.2 Å². The van der Waals surface area contributed by atoms with Crippen LogP contribution in [0.15, 0.2) is 18.2 Å². The molecule has 3 nitrogen and oxygen atoms in total. The largest absolute Gasteiger partial charge is 0.495 e. The number of amides is 1. The van der Waals surface area contributed by atoms with Gasteiger partial charge in [-0.3, -0.25) is 4.79 Å². The summed E-state index contributed by atoms with van der Waals surface area (Å²) in [4.78, 5) is 12.0. The molecule has 1 atom stereocenters. The third kappa shape index (κ3) is 3.49. The van der Waals surface area contributed by atoms with Gasteiger partial charge in [0.1, 0.15) is 5.75 Å². The van der Waals surface area contributed by atoms with E-state index in [-0.39, 0.29) is 11.2 Å². The highest BCUT2D eigenvalue weighted by Crippen LogP contribution is 2.29. The van der Waals surface area contributed by atoms with Crippen molar-refractivity contribution in [2.24, 2.45) is 0 Å². The summed E-state index contributed by atoms with van der Waals surface area (Å²) in [5, 5.41) is 3.42. The lowest BCUT2D eigenvalue weighted by molar-refractivity contribution is -0.115. The Morgan fingerprint density at radius 2 is 2.33 bits per heavy atom. The van der Waals surface area contributed by atoms with E-state index >= 15 is 0 Å². The molecule has 6 heteroatoms. The molecule has 1 N–H and O–H groups in total. The van der Waals surface area contributed by atoms with E-state index in [0.717, 1.165) is 17.3 Å². The summed E-state index contributed by atoms with van der Waals surface area (Å²) in [6, 6.07) is 5.25. The number of methoxy groups -OCH3 is 1. The molecule has 0 spiro atoms. The van der Waals surface area contributed by atoms with Crippen molar-refractivity contribution in [3.8, 4) is 5.75 Å². The molecule has 1 heterocycles. The minimum atomic E-state index is 0.0321. The zero-order chi connectivity index (χ0) is 13.0. The molecule has 98 valence electrons. The first-order chi connectivity index (χ1) is 8.70. The zero-order valence-electron chi connectivity index (χ0n) is 9.94. The van der Waals surface area contributed by atoms with Crippen LogP contribution in [0.3, 0.4) is 0 Å². The Labute approximate surface area is 120 Å². The lowest BCUT2D eigenvalue weighted by atomic mass is 10.3. The average Bonchev–Trinajstić information content (AvgIpc) is 2.40. The SMILES string of the molecule is COc1ccc(NC(=O)C2CSCCS2)cc1Cl. The molecule has 1 aliphatic rings. The van der Waals surface area contributed by atoms with Gasteiger partial charge in [-0.25, -0.2) is 0 Å². The summed E-state index contributed by atoms with van der Waals surface area (Å²) < 4.78 is 5.07. The minimum absolute atomic E-state index is 0.0321. The molecule has 0 aliphatic carbocycles. The Morgan fingerprint density at radius 3 is 2.94 bits per heavy atom. The van der Waals surface area contributed by atoms with Gasteiger partial charge in [-0.1, -0.05) is 11.6 Å². The van der Waals surface area contributed by atoms with Crippen LogP contribution < -0.4 is 10.1 Å². The fraction of sp³-hybridized carbons (Fsp3) is 0.417. The van der Waals surface area contributed by atoms with Gasteiger partial charge in [0.05, 0.1) is 17.4 Å². The highest BCUT2D eigenvalue weighted by molar-refractivity contribution is 8.07.